The highest BCUT2D eigenvalue weighted by atomic mass is 16.6. The van der Waals surface area contributed by atoms with Crippen molar-refractivity contribution >= 4 is 23.9 Å². The zero-order valence-corrected chi connectivity index (χ0v) is 25.6. The molecule has 2 saturated carbocycles. The van der Waals surface area contributed by atoms with Gasteiger partial charge in [0, 0.05) is 25.0 Å². The van der Waals surface area contributed by atoms with Gasteiger partial charge >= 0.3 is 23.9 Å². The lowest BCUT2D eigenvalue weighted by atomic mass is 9.94. The number of allylic oxidation sites excluding steroid dienone is 2. The van der Waals surface area contributed by atoms with E-state index in [1.165, 1.54) is 12.2 Å². The van der Waals surface area contributed by atoms with Crippen molar-refractivity contribution in [2.45, 2.75) is 156 Å². The van der Waals surface area contributed by atoms with Crippen molar-refractivity contribution in [3.63, 3.8) is 0 Å². The van der Waals surface area contributed by atoms with Crippen LogP contribution in [0, 0.1) is 0 Å². The topological polar surface area (TPSA) is 105 Å². The molecule has 0 amide bonds. The first-order chi connectivity index (χ1) is 19.0. The van der Waals surface area contributed by atoms with E-state index in [2.05, 4.69) is 0 Å². The van der Waals surface area contributed by atoms with Gasteiger partial charge in [-0.05, 0) is 91.9 Å². The molecule has 0 bridgehead atoms. The first kappa shape index (κ1) is 35.4. The van der Waals surface area contributed by atoms with Crippen LogP contribution in [0.25, 0.3) is 0 Å². The molecule has 0 radical (unpaired) electrons. The Morgan fingerprint density at radius 3 is 1.12 bits per heavy atom. The fourth-order valence-electron chi connectivity index (χ4n) is 4.60. The van der Waals surface area contributed by atoms with Crippen LogP contribution in [0.1, 0.15) is 131 Å². The van der Waals surface area contributed by atoms with Crippen molar-refractivity contribution in [2.75, 3.05) is 0 Å². The Kier molecular flexibility index (Phi) is 17.9. The molecule has 4 atom stereocenters. The SMILES string of the molecule is CC(C)=CC(=O)O[C@@H]1CCCC[C@H]1OC(=O)C=C(C)C.CCCCC(=O)O[C@@H]1CCCC[C@H]1OC(=O)CCCC. The molecule has 0 aromatic heterocycles. The number of esters is 4. The molecule has 0 aromatic carbocycles. The van der Waals surface area contributed by atoms with Crippen molar-refractivity contribution in [2.24, 2.45) is 0 Å². The number of hydrogen-bond acceptors (Lipinski definition) is 8. The molecule has 2 aliphatic carbocycles. The summed E-state index contributed by atoms with van der Waals surface area (Å²) in [6.45, 7) is 11.5. The lowest BCUT2D eigenvalue weighted by molar-refractivity contribution is -0.171. The number of ether oxygens (including phenoxy) is 4. The summed E-state index contributed by atoms with van der Waals surface area (Å²) < 4.78 is 21.8. The lowest BCUT2D eigenvalue weighted by Crippen LogP contribution is -2.37. The Hall–Kier alpha value is -2.64. The molecule has 0 spiro atoms. The van der Waals surface area contributed by atoms with Gasteiger partial charge in [-0.25, -0.2) is 9.59 Å². The maximum Gasteiger partial charge on any atom is 0.331 e. The molecule has 2 aliphatic rings. The van der Waals surface area contributed by atoms with Gasteiger partial charge in [-0.15, -0.1) is 0 Å². The second kappa shape index (κ2) is 20.3. The quantitative estimate of drug-likeness (QED) is 0.141. The molecule has 0 unspecified atom stereocenters. The van der Waals surface area contributed by atoms with Crippen molar-refractivity contribution in [3.05, 3.63) is 23.3 Å². The highest BCUT2D eigenvalue weighted by molar-refractivity contribution is 5.83. The second-order valence-electron chi connectivity index (χ2n) is 11.2. The molecule has 8 nitrogen and oxygen atoms in total. The zero-order valence-electron chi connectivity index (χ0n) is 25.6. The van der Waals surface area contributed by atoms with E-state index in [-0.39, 0.29) is 48.3 Å². The monoisotopic (exact) mass is 564 g/mol. The van der Waals surface area contributed by atoms with Gasteiger partial charge in [0.2, 0.25) is 0 Å². The molecule has 228 valence electrons. The van der Waals surface area contributed by atoms with Crippen LogP contribution in [-0.4, -0.2) is 48.3 Å². The smallest absolute Gasteiger partial charge is 0.331 e. The summed E-state index contributed by atoms with van der Waals surface area (Å²) in [6, 6.07) is 0. The molecule has 0 aliphatic heterocycles. The van der Waals surface area contributed by atoms with Crippen molar-refractivity contribution < 1.29 is 38.1 Å². The molecular formula is C32H52O8. The summed E-state index contributed by atoms with van der Waals surface area (Å²) in [4.78, 5) is 46.8. The van der Waals surface area contributed by atoms with Crippen LogP contribution in [0.4, 0.5) is 0 Å². The highest BCUT2D eigenvalue weighted by Gasteiger charge is 2.32. The number of carbonyl (C=O) groups is 4. The van der Waals surface area contributed by atoms with Crippen molar-refractivity contribution in [1.29, 1.82) is 0 Å². The van der Waals surface area contributed by atoms with Gasteiger partial charge in [0.25, 0.3) is 0 Å². The first-order valence-electron chi connectivity index (χ1n) is 15.2. The summed E-state index contributed by atoms with van der Waals surface area (Å²) in [6.07, 6.45) is 13.5. The fourth-order valence-corrected chi connectivity index (χ4v) is 4.60. The van der Waals surface area contributed by atoms with Crippen LogP contribution >= 0.6 is 0 Å². The molecule has 0 aromatic rings. The third-order valence-electron chi connectivity index (χ3n) is 6.67. The van der Waals surface area contributed by atoms with E-state index in [0.717, 1.165) is 88.2 Å². The van der Waals surface area contributed by atoms with Gasteiger partial charge in [-0.3, -0.25) is 9.59 Å². The van der Waals surface area contributed by atoms with Crippen LogP contribution in [0.3, 0.4) is 0 Å². The molecule has 8 heteroatoms. The van der Waals surface area contributed by atoms with E-state index in [1.54, 1.807) is 0 Å². The van der Waals surface area contributed by atoms with E-state index in [0.29, 0.717) is 12.8 Å². The van der Waals surface area contributed by atoms with Gasteiger partial charge in [0.1, 0.15) is 24.4 Å². The van der Waals surface area contributed by atoms with Gasteiger partial charge < -0.3 is 18.9 Å². The van der Waals surface area contributed by atoms with E-state index >= 15 is 0 Å². The number of carbonyl (C=O) groups excluding carboxylic acids is 4. The van der Waals surface area contributed by atoms with E-state index in [9.17, 15) is 19.2 Å². The molecule has 0 saturated heterocycles. The van der Waals surface area contributed by atoms with Crippen LogP contribution in [0.2, 0.25) is 0 Å². The molecule has 0 heterocycles. The third-order valence-corrected chi connectivity index (χ3v) is 6.67. The van der Waals surface area contributed by atoms with Gasteiger partial charge in [0.05, 0.1) is 0 Å². The average molecular weight is 565 g/mol. The largest absolute Gasteiger partial charge is 0.458 e. The Morgan fingerprint density at radius 2 is 0.850 bits per heavy atom. The number of rotatable bonds is 12. The lowest BCUT2D eigenvalue weighted by Gasteiger charge is -2.30. The Bertz CT molecular complexity index is 781. The first-order valence-corrected chi connectivity index (χ1v) is 15.2. The predicted molar refractivity (Wildman–Crippen MR) is 154 cm³/mol. The highest BCUT2D eigenvalue weighted by Crippen LogP contribution is 2.26. The van der Waals surface area contributed by atoms with Crippen LogP contribution in [0.15, 0.2) is 23.3 Å². The maximum atomic E-state index is 11.7. The Labute approximate surface area is 241 Å². The summed E-state index contributed by atoms with van der Waals surface area (Å²) in [5, 5.41) is 0. The molecule has 2 rings (SSSR count). The van der Waals surface area contributed by atoms with Crippen LogP contribution in [0.5, 0.6) is 0 Å². The standard InChI is InChI=1S/C16H24O4.C16H28O4/c1-11(2)9-15(17)19-13-7-5-6-8-14(13)20-16(18)10-12(3)4;1-3-5-11-15(17)19-13-9-7-8-10-14(13)20-16(18)12-6-4-2/h9-10,13-14H,5-8H2,1-4H3;13-14H,3-12H2,1-2H3/t2*13-,14-/m11/s1. The minimum atomic E-state index is -0.361. The normalized spacial score (nSPS) is 21.9. The van der Waals surface area contributed by atoms with E-state index in [4.69, 9.17) is 18.9 Å². The molecule has 40 heavy (non-hydrogen) atoms. The summed E-state index contributed by atoms with van der Waals surface area (Å²) in [7, 11) is 0. The van der Waals surface area contributed by atoms with Gasteiger partial charge in [-0.2, -0.15) is 0 Å². The number of unbranched alkanes of at least 4 members (excludes halogenated alkanes) is 2. The summed E-state index contributed by atoms with van der Waals surface area (Å²) in [5.74, 6) is -1.04. The fraction of sp³-hybridized carbons (Fsp3) is 0.750. The minimum Gasteiger partial charge on any atom is -0.458 e. The van der Waals surface area contributed by atoms with E-state index < -0.39 is 0 Å². The maximum absolute atomic E-state index is 11.7. The average Bonchev–Trinajstić information content (AvgIpc) is 2.88. The second-order valence-corrected chi connectivity index (χ2v) is 11.2. The Morgan fingerprint density at radius 1 is 0.550 bits per heavy atom. The summed E-state index contributed by atoms with van der Waals surface area (Å²) >= 11 is 0. The Balaban J connectivity index is 0.000000400. The van der Waals surface area contributed by atoms with Gasteiger partial charge in [-0.1, -0.05) is 37.8 Å². The minimum absolute atomic E-state index is 0.159. The van der Waals surface area contributed by atoms with Crippen LogP contribution in [-0.2, 0) is 38.1 Å². The van der Waals surface area contributed by atoms with Gasteiger partial charge in [0.15, 0.2) is 0 Å². The predicted octanol–water partition coefficient (Wildman–Crippen LogP) is 7.08. The number of hydrogen-bond donors (Lipinski definition) is 0. The van der Waals surface area contributed by atoms with Crippen molar-refractivity contribution in [3.8, 4) is 0 Å². The zero-order chi connectivity index (χ0) is 29.9. The third kappa shape index (κ3) is 15.8. The summed E-state index contributed by atoms with van der Waals surface area (Å²) in [5.41, 5.74) is 1.78. The molecule has 2 fully saturated rings. The van der Waals surface area contributed by atoms with Crippen LogP contribution < -0.4 is 0 Å². The molecule has 0 N–H and O–H groups in total. The van der Waals surface area contributed by atoms with Crippen molar-refractivity contribution in [1.82, 2.24) is 0 Å². The molecular weight excluding hydrogens is 512 g/mol. The van der Waals surface area contributed by atoms with E-state index in [1.807, 2.05) is 41.5 Å².